The van der Waals surface area contributed by atoms with Gasteiger partial charge >= 0.3 is 0 Å². The van der Waals surface area contributed by atoms with E-state index in [1.807, 2.05) is 32.9 Å². The predicted octanol–water partition coefficient (Wildman–Crippen LogP) is 1.29. The molecule has 4 N–H and O–H groups in total. The lowest BCUT2D eigenvalue weighted by molar-refractivity contribution is -0.120. The molecule has 1 unspecified atom stereocenters. The fourth-order valence-electron chi connectivity index (χ4n) is 1.59. The van der Waals surface area contributed by atoms with Crippen molar-refractivity contribution in [3.63, 3.8) is 0 Å². The van der Waals surface area contributed by atoms with Gasteiger partial charge in [-0.3, -0.25) is 9.59 Å². The number of carbonyl (C=O) groups excluding carboxylic acids is 2. The van der Waals surface area contributed by atoms with E-state index < -0.39 is 6.04 Å². The van der Waals surface area contributed by atoms with Gasteiger partial charge in [0.1, 0.15) is 0 Å². The van der Waals surface area contributed by atoms with Crippen LogP contribution < -0.4 is 16.4 Å². The van der Waals surface area contributed by atoms with Crippen LogP contribution >= 0.6 is 0 Å². The van der Waals surface area contributed by atoms with E-state index in [9.17, 15) is 9.59 Å². The van der Waals surface area contributed by atoms with Gasteiger partial charge in [-0.25, -0.2) is 0 Å². The molecule has 1 aromatic rings. The maximum absolute atomic E-state index is 12.0. The van der Waals surface area contributed by atoms with Crippen LogP contribution in [0.4, 0.5) is 5.69 Å². The Morgan fingerprint density at radius 1 is 1.20 bits per heavy atom. The van der Waals surface area contributed by atoms with Crippen LogP contribution in [-0.2, 0) is 16.0 Å². The average Bonchev–Trinajstić information content (AvgIpc) is 2.38. The molecule has 2 amide bonds. The van der Waals surface area contributed by atoms with Crippen molar-refractivity contribution in [3.8, 4) is 0 Å². The Balaban J connectivity index is 2.66. The lowest BCUT2D eigenvalue weighted by Gasteiger charge is -2.25. The molecule has 0 aliphatic carbocycles. The number of likely N-dealkylation sites (N-methyl/N-ethyl adjacent to an activating group) is 1. The number of nitrogens with two attached hydrogens (primary N) is 1. The third kappa shape index (κ3) is 4.66. The number of hydrogen-bond donors (Lipinski definition) is 3. The van der Waals surface area contributed by atoms with Gasteiger partial charge in [0.25, 0.3) is 0 Å². The topological polar surface area (TPSA) is 84.2 Å². The summed E-state index contributed by atoms with van der Waals surface area (Å²) in [5.41, 5.74) is 7.17. The van der Waals surface area contributed by atoms with E-state index in [2.05, 4.69) is 10.6 Å². The van der Waals surface area contributed by atoms with E-state index in [-0.39, 0.29) is 17.2 Å². The zero-order valence-corrected chi connectivity index (χ0v) is 12.5. The van der Waals surface area contributed by atoms with Crippen LogP contribution in [0.25, 0.3) is 0 Å². The van der Waals surface area contributed by atoms with Gasteiger partial charge < -0.3 is 16.4 Å². The van der Waals surface area contributed by atoms with Crippen LogP contribution in [0.3, 0.4) is 0 Å². The summed E-state index contributed by atoms with van der Waals surface area (Å²) in [4.78, 5) is 23.2. The Morgan fingerprint density at radius 3 is 2.20 bits per heavy atom. The number of nitrogens with one attached hydrogen (secondary N) is 2. The molecule has 0 fully saturated rings. The highest BCUT2D eigenvalue weighted by Crippen LogP contribution is 2.19. The summed E-state index contributed by atoms with van der Waals surface area (Å²) in [6, 6.07) is 6.59. The fraction of sp³-hybridized carbons (Fsp3) is 0.467. The van der Waals surface area contributed by atoms with E-state index in [0.29, 0.717) is 12.1 Å². The molecule has 0 aliphatic rings. The standard InChI is InChI=1S/C15H23N3O2/c1-15(2,3)13(16)14(20)18-11-7-5-10(6-8-11)9-12(19)17-4/h5-8,13H,9,16H2,1-4H3,(H,17,19)(H,18,20). The Morgan fingerprint density at radius 2 is 1.75 bits per heavy atom. The van der Waals surface area contributed by atoms with E-state index in [1.165, 1.54) is 0 Å². The van der Waals surface area contributed by atoms with Crippen molar-refractivity contribution < 1.29 is 9.59 Å². The SMILES string of the molecule is CNC(=O)Cc1ccc(NC(=O)C(N)C(C)(C)C)cc1. The predicted molar refractivity (Wildman–Crippen MR) is 80.3 cm³/mol. The molecule has 0 bridgehead atoms. The van der Waals surface area contributed by atoms with Crippen LogP contribution in [0.2, 0.25) is 0 Å². The molecule has 1 rings (SSSR count). The van der Waals surface area contributed by atoms with Crippen molar-refractivity contribution in [2.75, 3.05) is 12.4 Å². The summed E-state index contributed by atoms with van der Waals surface area (Å²) in [7, 11) is 1.60. The number of amides is 2. The maximum Gasteiger partial charge on any atom is 0.241 e. The first kappa shape index (κ1) is 16.2. The monoisotopic (exact) mass is 277 g/mol. The normalized spacial score (nSPS) is 12.7. The third-order valence-electron chi connectivity index (χ3n) is 3.08. The minimum Gasteiger partial charge on any atom is -0.359 e. The largest absolute Gasteiger partial charge is 0.359 e. The maximum atomic E-state index is 12.0. The highest BCUT2D eigenvalue weighted by atomic mass is 16.2. The van der Waals surface area contributed by atoms with Gasteiger partial charge in [-0.1, -0.05) is 32.9 Å². The number of carbonyl (C=O) groups is 2. The smallest absolute Gasteiger partial charge is 0.241 e. The molecular formula is C15H23N3O2. The second kappa shape index (κ2) is 6.52. The summed E-state index contributed by atoms with van der Waals surface area (Å²) in [5.74, 6) is -0.256. The minimum absolute atomic E-state index is 0.0449. The lowest BCUT2D eigenvalue weighted by atomic mass is 9.87. The average molecular weight is 277 g/mol. The Kier molecular flexibility index (Phi) is 5.27. The van der Waals surface area contributed by atoms with E-state index in [0.717, 1.165) is 5.56 Å². The van der Waals surface area contributed by atoms with Crippen molar-refractivity contribution in [1.29, 1.82) is 0 Å². The number of rotatable bonds is 4. The highest BCUT2D eigenvalue weighted by molar-refractivity contribution is 5.95. The van der Waals surface area contributed by atoms with Crippen molar-refractivity contribution in [2.24, 2.45) is 11.1 Å². The number of anilines is 1. The van der Waals surface area contributed by atoms with Gasteiger partial charge in [0, 0.05) is 12.7 Å². The summed E-state index contributed by atoms with van der Waals surface area (Å²) in [6.45, 7) is 5.76. The van der Waals surface area contributed by atoms with Crippen molar-refractivity contribution in [3.05, 3.63) is 29.8 Å². The van der Waals surface area contributed by atoms with Crippen molar-refractivity contribution in [1.82, 2.24) is 5.32 Å². The fourth-order valence-corrected chi connectivity index (χ4v) is 1.59. The molecule has 0 radical (unpaired) electrons. The molecule has 0 spiro atoms. The number of hydrogen-bond acceptors (Lipinski definition) is 3. The summed E-state index contributed by atoms with van der Waals surface area (Å²) >= 11 is 0. The van der Waals surface area contributed by atoms with E-state index >= 15 is 0 Å². The van der Waals surface area contributed by atoms with Gasteiger partial charge in [-0.2, -0.15) is 0 Å². The van der Waals surface area contributed by atoms with Crippen molar-refractivity contribution >= 4 is 17.5 Å². The lowest BCUT2D eigenvalue weighted by Crippen LogP contribution is -2.45. The molecule has 1 aromatic carbocycles. The first-order valence-corrected chi connectivity index (χ1v) is 6.60. The summed E-state index contributed by atoms with van der Waals surface area (Å²) < 4.78 is 0. The molecule has 0 saturated heterocycles. The minimum atomic E-state index is -0.576. The van der Waals surface area contributed by atoms with E-state index in [1.54, 1.807) is 19.2 Å². The molecule has 5 nitrogen and oxygen atoms in total. The zero-order chi connectivity index (χ0) is 15.3. The van der Waals surface area contributed by atoms with Gasteiger partial charge in [-0.15, -0.1) is 0 Å². The Labute approximate surface area is 119 Å². The van der Waals surface area contributed by atoms with Gasteiger partial charge in [0.2, 0.25) is 11.8 Å². The highest BCUT2D eigenvalue weighted by Gasteiger charge is 2.27. The zero-order valence-electron chi connectivity index (χ0n) is 12.5. The van der Waals surface area contributed by atoms with Crippen LogP contribution in [0.5, 0.6) is 0 Å². The molecule has 110 valence electrons. The van der Waals surface area contributed by atoms with Crippen molar-refractivity contribution in [2.45, 2.75) is 33.2 Å². The molecule has 0 saturated carbocycles. The molecule has 5 heteroatoms. The Bertz CT molecular complexity index is 475. The van der Waals surface area contributed by atoms with Crippen LogP contribution in [-0.4, -0.2) is 24.9 Å². The Hall–Kier alpha value is -1.88. The molecular weight excluding hydrogens is 254 g/mol. The summed E-state index contributed by atoms with van der Waals surface area (Å²) in [5, 5.41) is 5.34. The second-order valence-corrected chi connectivity index (χ2v) is 5.88. The van der Waals surface area contributed by atoms with Crippen LogP contribution in [0.1, 0.15) is 26.3 Å². The van der Waals surface area contributed by atoms with Crippen LogP contribution in [0, 0.1) is 5.41 Å². The number of benzene rings is 1. The van der Waals surface area contributed by atoms with Gasteiger partial charge in [0.15, 0.2) is 0 Å². The van der Waals surface area contributed by atoms with Crippen LogP contribution in [0.15, 0.2) is 24.3 Å². The van der Waals surface area contributed by atoms with E-state index in [4.69, 9.17) is 5.73 Å². The molecule has 20 heavy (non-hydrogen) atoms. The molecule has 0 aliphatic heterocycles. The molecule has 0 heterocycles. The first-order valence-electron chi connectivity index (χ1n) is 6.60. The molecule has 1 atom stereocenters. The quantitative estimate of drug-likeness (QED) is 0.775. The first-order chi connectivity index (χ1) is 9.24. The third-order valence-corrected chi connectivity index (χ3v) is 3.08. The summed E-state index contributed by atoms with van der Waals surface area (Å²) in [6.07, 6.45) is 0.326. The second-order valence-electron chi connectivity index (χ2n) is 5.88. The molecule has 0 aromatic heterocycles. The van der Waals surface area contributed by atoms with Gasteiger partial charge in [0.05, 0.1) is 12.5 Å². The van der Waals surface area contributed by atoms with Gasteiger partial charge in [-0.05, 0) is 23.1 Å².